The maximum Gasteiger partial charge on any atom is 0.335 e. The summed E-state index contributed by atoms with van der Waals surface area (Å²) in [5, 5.41) is 2.18. The first kappa shape index (κ1) is 19.1. The average Bonchev–Trinajstić information content (AvgIpc) is 2.69. The number of aliphatic imine (C=N–C) groups is 1. The van der Waals surface area contributed by atoms with Crippen molar-refractivity contribution in [1.29, 1.82) is 0 Å². The summed E-state index contributed by atoms with van der Waals surface area (Å²) in [6.07, 6.45) is 1.22. The molecule has 0 radical (unpaired) electrons. The SMILES string of the molecule is CCOc1ccc(N=C[C@@H]2C(=O)NC(=O)N(c3ccccc3OC)C2=O)cc1. The van der Waals surface area contributed by atoms with Crippen molar-refractivity contribution in [3.05, 3.63) is 48.5 Å². The number of barbiturate groups is 1. The van der Waals surface area contributed by atoms with Crippen LogP contribution < -0.4 is 19.7 Å². The first-order chi connectivity index (χ1) is 13.5. The van der Waals surface area contributed by atoms with Gasteiger partial charge in [-0.2, -0.15) is 0 Å². The fraction of sp³-hybridized carbons (Fsp3) is 0.200. The molecule has 8 nitrogen and oxygen atoms in total. The van der Waals surface area contributed by atoms with Gasteiger partial charge >= 0.3 is 6.03 Å². The van der Waals surface area contributed by atoms with Gasteiger partial charge < -0.3 is 9.47 Å². The van der Waals surface area contributed by atoms with Gasteiger partial charge in [-0.25, -0.2) is 9.69 Å². The van der Waals surface area contributed by atoms with Crippen molar-refractivity contribution < 1.29 is 23.9 Å². The van der Waals surface area contributed by atoms with Crippen LogP contribution >= 0.6 is 0 Å². The minimum atomic E-state index is -1.24. The first-order valence-electron chi connectivity index (χ1n) is 8.64. The molecule has 1 aliphatic rings. The number of anilines is 1. The molecule has 1 N–H and O–H groups in total. The van der Waals surface area contributed by atoms with E-state index in [1.807, 2.05) is 6.92 Å². The number of nitrogens with one attached hydrogen (secondary N) is 1. The topological polar surface area (TPSA) is 97.3 Å². The van der Waals surface area contributed by atoms with Crippen LogP contribution in [-0.4, -0.2) is 37.8 Å². The Balaban J connectivity index is 1.85. The van der Waals surface area contributed by atoms with Crippen LogP contribution in [0, 0.1) is 5.92 Å². The molecule has 28 heavy (non-hydrogen) atoms. The highest BCUT2D eigenvalue weighted by Crippen LogP contribution is 2.30. The van der Waals surface area contributed by atoms with Crippen molar-refractivity contribution in [2.75, 3.05) is 18.6 Å². The van der Waals surface area contributed by atoms with Gasteiger partial charge in [0.15, 0.2) is 5.92 Å². The van der Waals surface area contributed by atoms with Crippen LogP contribution in [0.15, 0.2) is 53.5 Å². The van der Waals surface area contributed by atoms with Crippen molar-refractivity contribution in [3.8, 4) is 11.5 Å². The summed E-state index contributed by atoms with van der Waals surface area (Å²) in [4.78, 5) is 42.4. The Kier molecular flexibility index (Phi) is 5.69. The van der Waals surface area contributed by atoms with E-state index in [4.69, 9.17) is 9.47 Å². The van der Waals surface area contributed by atoms with Crippen LogP contribution in [0.4, 0.5) is 16.2 Å². The minimum Gasteiger partial charge on any atom is -0.495 e. The van der Waals surface area contributed by atoms with Crippen LogP contribution in [0.1, 0.15) is 6.92 Å². The highest BCUT2D eigenvalue weighted by atomic mass is 16.5. The molecule has 0 saturated carbocycles. The second-order valence-corrected chi connectivity index (χ2v) is 5.82. The molecule has 1 heterocycles. The van der Waals surface area contributed by atoms with Crippen molar-refractivity contribution in [2.45, 2.75) is 6.92 Å². The van der Waals surface area contributed by atoms with Crippen LogP contribution in [0.25, 0.3) is 0 Å². The summed E-state index contributed by atoms with van der Waals surface area (Å²) < 4.78 is 10.6. The van der Waals surface area contributed by atoms with E-state index in [2.05, 4.69) is 10.3 Å². The number of hydrogen-bond acceptors (Lipinski definition) is 6. The highest BCUT2D eigenvalue weighted by molar-refractivity contribution is 6.33. The molecule has 3 rings (SSSR count). The molecule has 1 aliphatic heterocycles. The maximum atomic E-state index is 12.9. The molecule has 1 fully saturated rings. The summed E-state index contributed by atoms with van der Waals surface area (Å²) in [7, 11) is 1.43. The fourth-order valence-corrected chi connectivity index (χ4v) is 2.72. The molecule has 1 saturated heterocycles. The molecular weight excluding hydrogens is 362 g/mol. The Bertz CT molecular complexity index is 924. The number of para-hydroxylation sites is 2. The predicted octanol–water partition coefficient (Wildman–Crippen LogP) is 2.70. The molecule has 8 heteroatoms. The Morgan fingerprint density at radius 2 is 1.82 bits per heavy atom. The number of carbonyl (C=O) groups is 3. The number of hydrogen-bond donors (Lipinski definition) is 1. The predicted molar refractivity (Wildman–Crippen MR) is 103 cm³/mol. The van der Waals surface area contributed by atoms with Gasteiger partial charge in [0.05, 0.1) is 25.1 Å². The quantitative estimate of drug-likeness (QED) is 0.613. The third-order valence-corrected chi connectivity index (χ3v) is 4.05. The van der Waals surface area contributed by atoms with Crippen molar-refractivity contribution >= 4 is 35.4 Å². The summed E-state index contributed by atoms with van der Waals surface area (Å²) in [5.74, 6) is -1.64. The number of rotatable bonds is 6. The number of amides is 4. The third kappa shape index (κ3) is 3.85. The fourth-order valence-electron chi connectivity index (χ4n) is 2.72. The molecule has 0 aromatic heterocycles. The van der Waals surface area contributed by atoms with Crippen LogP contribution in [0.5, 0.6) is 11.5 Å². The lowest BCUT2D eigenvalue weighted by Gasteiger charge is -2.29. The second kappa shape index (κ2) is 8.34. The van der Waals surface area contributed by atoms with Crippen molar-refractivity contribution in [1.82, 2.24) is 5.32 Å². The zero-order valence-electron chi connectivity index (χ0n) is 15.4. The molecule has 0 bridgehead atoms. The molecular formula is C20H19N3O5. The lowest BCUT2D eigenvalue weighted by atomic mass is 10.1. The summed E-state index contributed by atoms with van der Waals surface area (Å²) in [5.41, 5.74) is 0.796. The van der Waals surface area contributed by atoms with Crippen molar-refractivity contribution in [3.63, 3.8) is 0 Å². The van der Waals surface area contributed by atoms with E-state index in [1.165, 1.54) is 13.3 Å². The van der Waals surface area contributed by atoms with E-state index in [0.717, 1.165) is 4.90 Å². The van der Waals surface area contributed by atoms with E-state index >= 15 is 0 Å². The van der Waals surface area contributed by atoms with Gasteiger partial charge in [-0.3, -0.25) is 19.9 Å². The molecule has 4 amide bonds. The lowest BCUT2D eigenvalue weighted by Crippen LogP contribution is -2.58. The standard InChI is InChI=1S/C20H19N3O5/c1-3-28-14-10-8-13(9-11-14)21-12-15-18(24)22-20(26)23(19(15)25)16-6-4-5-7-17(16)27-2/h4-12,15H,3H2,1-2H3,(H,22,24,26)/t15-/m1/s1. The Hall–Kier alpha value is -3.68. The average molecular weight is 381 g/mol. The molecule has 144 valence electrons. The number of benzene rings is 2. The first-order valence-corrected chi connectivity index (χ1v) is 8.64. The zero-order valence-corrected chi connectivity index (χ0v) is 15.4. The van der Waals surface area contributed by atoms with Gasteiger partial charge in [-0.1, -0.05) is 12.1 Å². The van der Waals surface area contributed by atoms with E-state index in [0.29, 0.717) is 23.8 Å². The van der Waals surface area contributed by atoms with E-state index < -0.39 is 23.8 Å². The van der Waals surface area contributed by atoms with E-state index in [1.54, 1.807) is 48.5 Å². The van der Waals surface area contributed by atoms with Gasteiger partial charge in [0.25, 0.3) is 5.91 Å². The number of nitrogens with zero attached hydrogens (tertiary/aromatic N) is 2. The monoisotopic (exact) mass is 381 g/mol. The second-order valence-electron chi connectivity index (χ2n) is 5.82. The van der Waals surface area contributed by atoms with E-state index in [9.17, 15) is 14.4 Å². The van der Waals surface area contributed by atoms with Gasteiger partial charge in [0, 0.05) is 6.21 Å². The van der Waals surface area contributed by atoms with Crippen LogP contribution in [0.3, 0.4) is 0 Å². The highest BCUT2D eigenvalue weighted by Gasteiger charge is 2.41. The summed E-state index contributed by atoms with van der Waals surface area (Å²) >= 11 is 0. The number of ether oxygens (including phenoxy) is 2. The summed E-state index contributed by atoms with van der Waals surface area (Å²) in [6.45, 7) is 2.43. The smallest absolute Gasteiger partial charge is 0.335 e. The van der Waals surface area contributed by atoms with Crippen LogP contribution in [0.2, 0.25) is 0 Å². The maximum absolute atomic E-state index is 12.9. The number of imide groups is 2. The molecule has 0 spiro atoms. The zero-order chi connectivity index (χ0) is 20.1. The molecule has 2 aromatic carbocycles. The number of urea groups is 1. The van der Waals surface area contributed by atoms with Crippen LogP contribution in [-0.2, 0) is 9.59 Å². The largest absolute Gasteiger partial charge is 0.495 e. The molecule has 0 unspecified atom stereocenters. The van der Waals surface area contributed by atoms with Gasteiger partial charge in [0.2, 0.25) is 5.91 Å². The Labute approximate surface area is 161 Å². The minimum absolute atomic E-state index is 0.250. The van der Waals surface area contributed by atoms with Crippen molar-refractivity contribution in [2.24, 2.45) is 10.9 Å². The summed E-state index contributed by atoms with van der Waals surface area (Å²) in [6, 6.07) is 12.6. The molecule has 0 aliphatic carbocycles. The van der Waals surface area contributed by atoms with E-state index in [-0.39, 0.29) is 5.69 Å². The lowest BCUT2D eigenvalue weighted by molar-refractivity contribution is -0.131. The third-order valence-electron chi connectivity index (χ3n) is 4.05. The van der Waals surface area contributed by atoms with Gasteiger partial charge in [-0.05, 0) is 43.3 Å². The molecule has 2 aromatic rings. The Morgan fingerprint density at radius 1 is 1.11 bits per heavy atom. The van der Waals surface area contributed by atoms with Gasteiger partial charge in [0.1, 0.15) is 11.5 Å². The molecule has 1 atom stereocenters. The number of methoxy groups -OCH3 is 1. The number of carbonyl (C=O) groups excluding carboxylic acids is 3. The normalized spacial score (nSPS) is 17.0. The Morgan fingerprint density at radius 3 is 2.50 bits per heavy atom. The van der Waals surface area contributed by atoms with Gasteiger partial charge in [-0.15, -0.1) is 0 Å².